The van der Waals surface area contributed by atoms with E-state index in [0.29, 0.717) is 17.9 Å². The molecule has 1 aliphatic heterocycles. The quantitative estimate of drug-likeness (QED) is 0.907. The van der Waals surface area contributed by atoms with Crippen LogP contribution in [-0.4, -0.2) is 18.6 Å². The van der Waals surface area contributed by atoms with Gasteiger partial charge in [-0.3, -0.25) is 4.79 Å². The van der Waals surface area contributed by atoms with Crippen molar-refractivity contribution >= 4 is 11.6 Å². The van der Waals surface area contributed by atoms with E-state index >= 15 is 0 Å². The Morgan fingerprint density at radius 3 is 2.52 bits per heavy atom. The largest absolute Gasteiger partial charge is 0.367 e. The molecule has 110 valence electrons. The van der Waals surface area contributed by atoms with Crippen LogP contribution in [0.1, 0.15) is 38.2 Å². The Bertz CT molecular complexity index is 565. The van der Waals surface area contributed by atoms with E-state index in [-0.39, 0.29) is 17.4 Å². The highest BCUT2D eigenvalue weighted by molar-refractivity contribution is 5.95. The number of nitriles is 1. The molecule has 4 heteroatoms. The molecule has 0 aromatic heterocycles. The molecule has 1 unspecified atom stereocenters. The summed E-state index contributed by atoms with van der Waals surface area (Å²) in [6.45, 7) is 2.99. The Labute approximate surface area is 125 Å². The van der Waals surface area contributed by atoms with Crippen molar-refractivity contribution in [3.05, 3.63) is 29.8 Å². The first-order valence-electron chi connectivity index (χ1n) is 7.56. The van der Waals surface area contributed by atoms with Crippen molar-refractivity contribution in [2.24, 2.45) is 11.3 Å². The van der Waals surface area contributed by atoms with Crippen LogP contribution >= 0.6 is 0 Å². The summed E-state index contributed by atoms with van der Waals surface area (Å²) in [4.78, 5) is 12.4. The van der Waals surface area contributed by atoms with Crippen molar-refractivity contribution in [2.45, 2.75) is 38.7 Å². The van der Waals surface area contributed by atoms with Crippen LogP contribution in [0.15, 0.2) is 24.3 Å². The number of hydrogen-bond donors (Lipinski definition) is 1. The SMILES string of the molecule is CC1CCC2(CC1)COC2C(=O)Nc1ccc(C#N)cc1. The van der Waals surface area contributed by atoms with Gasteiger partial charge in [0.1, 0.15) is 6.10 Å². The number of carbonyl (C=O) groups excluding carboxylic acids is 1. The summed E-state index contributed by atoms with van der Waals surface area (Å²) in [7, 11) is 0. The third kappa shape index (κ3) is 2.66. The lowest BCUT2D eigenvalue weighted by atomic mass is 9.65. The van der Waals surface area contributed by atoms with E-state index < -0.39 is 0 Å². The maximum Gasteiger partial charge on any atom is 0.254 e. The Morgan fingerprint density at radius 2 is 2.00 bits per heavy atom. The van der Waals surface area contributed by atoms with Gasteiger partial charge in [0.05, 0.1) is 18.2 Å². The monoisotopic (exact) mass is 284 g/mol. The minimum Gasteiger partial charge on any atom is -0.367 e. The van der Waals surface area contributed by atoms with Gasteiger partial charge in [-0.15, -0.1) is 0 Å². The predicted molar refractivity (Wildman–Crippen MR) is 79.6 cm³/mol. The summed E-state index contributed by atoms with van der Waals surface area (Å²) in [5.41, 5.74) is 1.36. The summed E-state index contributed by atoms with van der Waals surface area (Å²) >= 11 is 0. The van der Waals surface area contributed by atoms with E-state index in [1.165, 1.54) is 12.8 Å². The van der Waals surface area contributed by atoms with Crippen molar-refractivity contribution in [3.8, 4) is 6.07 Å². The van der Waals surface area contributed by atoms with Gasteiger partial charge in [-0.2, -0.15) is 5.26 Å². The number of anilines is 1. The zero-order chi connectivity index (χ0) is 14.9. The number of carbonyl (C=O) groups is 1. The first-order chi connectivity index (χ1) is 10.1. The van der Waals surface area contributed by atoms with Crippen molar-refractivity contribution in [1.82, 2.24) is 0 Å². The zero-order valence-electron chi connectivity index (χ0n) is 12.3. The second-order valence-electron chi connectivity index (χ2n) is 6.41. The molecule has 1 atom stereocenters. The molecule has 2 fully saturated rings. The summed E-state index contributed by atoms with van der Waals surface area (Å²) in [6.07, 6.45) is 4.22. The van der Waals surface area contributed by atoms with Crippen molar-refractivity contribution < 1.29 is 9.53 Å². The second kappa shape index (κ2) is 5.50. The Kier molecular flexibility index (Phi) is 3.69. The van der Waals surface area contributed by atoms with Gasteiger partial charge in [0, 0.05) is 11.1 Å². The van der Waals surface area contributed by atoms with Crippen LogP contribution in [0, 0.1) is 22.7 Å². The van der Waals surface area contributed by atoms with E-state index in [2.05, 4.69) is 18.3 Å². The first-order valence-corrected chi connectivity index (χ1v) is 7.56. The number of nitrogens with one attached hydrogen (secondary N) is 1. The van der Waals surface area contributed by atoms with Crippen LogP contribution < -0.4 is 5.32 Å². The van der Waals surface area contributed by atoms with Crippen LogP contribution in [0.25, 0.3) is 0 Å². The van der Waals surface area contributed by atoms with Gasteiger partial charge in [-0.05, 0) is 55.9 Å². The maximum atomic E-state index is 12.4. The molecule has 1 heterocycles. The average molecular weight is 284 g/mol. The van der Waals surface area contributed by atoms with Crippen LogP contribution in [0.5, 0.6) is 0 Å². The third-order valence-corrected chi connectivity index (χ3v) is 4.88. The molecule has 1 amide bonds. The fourth-order valence-corrected chi connectivity index (χ4v) is 3.34. The number of nitrogens with zero attached hydrogens (tertiary/aromatic N) is 1. The fourth-order valence-electron chi connectivity index (χ4n) is 3.34. The fraction of sp³-hybridized carbons (Fsp3) is 0.529. The molecular weight excluding hydrogens is 264 g/mol. The normalized spacial score (nSPS) is 31.2. The molecule has 1 spiro atoms. The highest BCUT2D eigenvalue weighted by Gasteiger charge is 2.53. The molecule has 1 saturated carbocycles. The van der Waals surface area contributed by atoms with Crippen molar-refractivity contribution in [1.29, 1.82) is 5.26 Å². The Hall–Kier alpha value is -1.86. The van der Waals surface area contributed by atoms with Crippen LogP contribution in [0.3, 0.4) is 0 Å². The van der Waals surface area contributed by atoms with Gasteiger partial charge in [-0.25, -0.2) is 0 Å². The smallest absolute Gasteiger partial charge is 0.254 e. The third-order valence-electron chi connectivity index (χ3n) is 4.88. The average Bonchev–Trinajstić information content (AvgIpc) is 2.48. The summed E-state index contributed by atoms with van der Waals surface area (Å²) in [6, 6.07) is 8.98. The Morgan fingerprint density at radius 1 is 1.33 bits per heavy atom. The van der Waals surface area contributed by atoms with Crippen molar-refractivity contribution in [2.75, 3.05) is 11.9 Å². The van der Waals surface area contributed by atoms with E-state index in [4.69, 9.17) is 10.00 Å². The van der Waals surface area contributed by atoms with Crippen LogP contribution in [-0.2, 0) is 9.53 Å². The molecule has 2 aliphatic rings. The molecule has 3 rings (SSSR count). The lowest BCUT2D eigenvalue weighted by molar-refractivity contribution is -0.203. The molecule has 0 bridgehead atoms. The van der Waals surface area contributed by atoms with Crippen LogP contribution in [0.4, 0.5) is 5.69 Å². The van der Waals surface area contributed by atoms with Gasteiger partial charge in [-0.1, -0.05) is 6.92 Å². The molecule has 1 aromatic rings. The lowest BCUT2D eigenvalue weighted by Gasteiger charge is -2.51. The summed E-state index contributed by atoms with van der Waals surface area (Å²) in [5.74, 6) is 0.707. The number of benzene rings is 1. The topological polar surface area (TPSA) is 62.1 Å². The minimum atomic E-state index is -0.319. The molecule has 1 aliphatic carbocycles. The molecule has 4 nitrogen and oxygen atoms in total. The standard InChI is InChI=1S/C17H20N2O2/c1-12-6-8-17(9-7-12)11-21-15(17)16(20)19-14-4-2-13(10-18)3-5-14/h2-5,12,15H,6-9,11H2,1H3,(H,19,20). The van der Waals surface area contributed by atoms with Crippen LogP contribution in [0.2, 0.25) is 0 Å². The molecule has 1 N–H and O–H groups in total. The number of hydrogen-bond acceptors (Lipinski definition) is 3. The first kappa shape index (κ1) is 14.1. The Balaban J connectivity index is 1.64. The second-order valence-corrected chi connectivity index (χ2v) is 6.41. The molecule has 1 saturated heterocycles. The lowest BCUT2D eigenvalue weighted by Crippen LogP contribution is -2.58. The van der Waals surface area contributed by atoms with Gasteiger partial charge in [0.2, 0.25) is 0 Å². The molecule has 21 heavy (non-hydrogen) atoms. The van der Waals surface area contributed by atoms with Gasteiger partial charge >= 0.3 is 0 Å². The zero-order valence-corrected chi connectivity index (χ0v) is 12.3. The van der Waals surface area contributed by atoms with E-state index in [1.54, 1.807) is 24.3 Å². The predicted octanol–water partition coefficient (Wildman–Crippen LogP) is 3.09. The number of ether oxygens (including phenoxy) is 1. The highest BCUT2D eigenvalue weighted by Crippen LogP contribution is 2.48. The van der Waals surface area contributed by atoms with Gasteiger partial charge in [0.25, 0.3) is 5.91 Å². The van der Waals surface area contributed by atoms with E-state index in [9.17, 15) is 4.79 Å². The van der Waals surface area contributed by atoms with Gasteiger partial charge in [0.15, 0.2) is 0 Å². The highest BCUT2D eigenvalue weighted by atomic mass is 16.5. The number of rotatable bonds is 2. The van der Waals surface area contributed by atoms with E-state index in [0.717, 1.165) is 18.8 Å². The van der Waals surface area contributed by atoms with Crippen molar-refractivity contribution in [3.63, 3.8) is 0 Å². The minimum absolute atomic E-state index is 0.0551. The van der Waals surface area contributed by atoms with E-state index in [1.807, 2.05) is 0 Å². The maximum absolute atomic E-state index is 12.4. The summed E-state index contributed by atoms with van der Waals surface area (Å²) in [5, 5.41) is 11.7. The molecule has 0 radical (unpaired) electrons. The van der Waals surface area contributed by atoms with Gasteiger partial charge < -0.3 is 10.1 Å². The number of amides is 1. The summed E-state index contributed by atoms with van der Waals surface area (Å²) < 4.78 is 5.57. The molecular formula is C17H20N2O2. The molecule has 1 aromatic carbocycles.